The largest absolute Gasteiger partial charge is 0.462 e. The molecule has 0 saturated heterocycles. The van der Waals surface area contributed by atoms with Crippen LogP contribution in [0, 0.1) is 28.6 Å². The third-order valence-electron chi connectivity index (χ3n) is 7.80. The predicted molar refractivity (Wildman–Crippen MR) is 96.3 cm³/mol. The maximum Gasteiger partial charge on any atom is 0.302 e. The van der Waals surface area contributed by atoms with Crippen molar-refractivity contribution in [2.45, 2.75) is 78.2 Å². The van der Waals surface area contributed by atoms with Crippen LogP contribution in [0.5, 0.6) is 0 Å². The van der Waals surface area contributed by atoms with Crippen molar-refractivity contribution in [1.29, 1.82) is 0 Å². The highest BCUT2D eigenvalue weighted by atomic mass is 16.5. The third kappa shape index (κ3) is 3.12. The number of carbonyl (C=O) groups excluding carboxylic acids is 3. The van der Waals surface area contributed by atoms with E-state index in [9.17, 15) is 19.5 Å². The van der Waals surface area contributed by atoms with E-state index in [0.29, 0.717) is 37.9 Å². The third-order valence-corrected chi connectivity index (χ3v) is 7.80. The average molecular weight is 364 g/mol. The van der Waals surface area contributed by atoms with Crippen LogP contribution < -0.4 is 0 Å². The van der Waals surface area contributed by atoms with Crippen LogP contribution in [0.15, 0.2) is 0 Å². The van der Waals surface area contributed by atoms with E-state index < -0.39 is 5.41 Å². The number of aliphatic hydroxyl groups is 1. The Balaban J connectivity index is 1.82. The van der Waals surface area contributed by atoms with Crippen LogP contribution >= 0.6 is 0 Å². The lowest BCUT2D eigenvalue weighted by Gasteiger charge is -2.52. The number of fused-ring (bicyclic) bond motifs is 1. The van der Waals surface area contributed by atoms with Gasteiger partial charge in [0.25, 0.3) is 0 Å². The summed E-state index contributed by atoms with van der Waals surface area (Å²) in [7, 11) is 0. The Hall–Kier alpha value is -1.23. The Morgan fingerprint density at radius 1 is 1.08 bits per heavy atom. The summed E-state index contributed by atoms with van der Waals surface area (Å²) in [6, 6.07) is 0. The Labute approximate surface area is 155 Å². The van der Waals surface area contributed by atoms with Gasteiger partial charge in [0.2, 0.25) is 0 Å². The van der Waals surface area contributed by atoms with Crippen molar-refractivity contribution >= 4 is 17.5 Å². The predicted octanol–water partition coefficient (Wildman–Crippen LogP) is 3.07. The summed E-state index contributed by atoms with van der Waals surface area (Å²) in [5.74, 6) is 0.891. The number of hydrogen-bond acceptors (Lipinski definition) is 5. The first kappa shape index (κ1) is 19.5. The van der Waals surface area contributed by atoms with Gasteiger partial charge in [-0.2, -0.15) is 0 Å². The molecule has 3 saturated carbocycles. The van der Waals surface area contributed by atoms with E-state index >= 15 is 0 Å². The second kappa shape index (κ2) is 7.06. The minimum atomic E-state index is -0.441. The Bertz CT molecular complexity index is 599. The van der Waals surface area contributed by atoms with Crippen LogP contribution in [-0.2, 0) is 19.1 Å². The van der Waals surface area contributed by atoms with Crippen LogP contribution in [0.1, 0.15) is 72.1 Å². The van der Waals surface area contributed by atoms with Gasteiger partial charge in [0.1, 0.15) is 17.7 Å². The number of hydrogen-bond donors (Lipinski definition) is 1. The van der Waals surface area contributed by atoms with Crippen LogP contribution in [0.4, 0.5) is 0 Å². The smallest absolute Gasteiger partial charge is 0.302 e. The summed E-state index contributed by atoms with van der Waals surface area (Å²) >= 11 is 0. The average Bonchev–Trinajstić information content (AvgIpc) is 2.87. The molecular formula is C21H32O5. The monoisotopic (exact) mass is 364 g/mol. The molecule has 0 aliphatic heterocycles. The number of esters is 1. The Morgan fingerprint density at radius 2 is 1.69 bits per heavy atom. The molecule has 0 aromatic heterocycles. The molecule has 3 rings (SSSR count). The molecular weight excluding hydrogens is 332 g/mol. The van der Waals surface area contributed by atoms with E-state index in [-0.39, 0.29) is 47.6 Å². The van der Waals surface area contributed by atoms with Gasteiger partial charge in [0.15, 0.2) is 0 Å². The van der Waals surface area contributed by atoms with E-state index in [0.717, 1.165) is 19.3 Å². The zero-order valence-corrected chi connectivity index (χ0v) is 16.3. The second-order valence-corrected chi connectivity index (χ2v) is 9.12. The fourth-order valence-electron chi connectivity index (χ4n) is 6.27. The first-order valence-electron chi connectivity index (χ1n) is 10.1. The van der Waals surface area contributed by atoms with Crippen molar-refractivity contribution < 1.29 is 24.2 Å². The van der Waals surface area contributed by atoms with Crippen molar-refractivity contribution in [3.8, 4) is 0 Å². The van der Waals surface area contributed by atoms with Crippen molar-refractivity contribution in [3.05, 3.63) is 0 Å². The number of ether oxygens (including phenoxy) is 1. The fourth-order valence-corrected chi connectivity index (χ4v) is 6.27. The van der Waals surface area contributed by atoms with E-state index in [4.69, 9.17) is 4.74 Å². The molecule has 3 fully saturated rings. The molecule has 0 radical (unpaired) electrons. The van der Waals surface area contributed by atoms with Crippen molar-refractivity contribution in [3.63, 3.8) is 0 Å². The summed E-state index contributed by atoms with van der Waals surface area (Å²) in [6.45, 7) is 5.64. The van der Waals surface area contributed by atoms with Gasteiger partial charge < -0.3 is 9.84 Å². The van der Waals surface area contributed by atoms with Gasteiger partial charge in [-0.25, -0.2) is 0 Å². The number of rotatable bonds is 4. The van der Waals surface area contributed by atoms with E-state index in [1.807, 2.05) is 0 Å². The van der Waals surface area contributed by atoms with E-state index in [1.165, 1.54) is 6.92 Å². The zero-order chi connectivity index (χ0) is 19.1. The second-order valence-electron chi connectivity index (χ2n) is 9.12. The standard InChI is InChI=1S/C21H32O5/c1-13(23)26-14-6-9-21(3,19(25)12-14)17-7-10-20(2)16(4-5-18(20)24)15(17)8-11-22/h14-17,22H,4-12H2,1-3H3. The lowest BCUT2D eigenvalue weighted by atomic mass is 9.51. The van der Waals surface area contributed by atoms with Crippen LogP contribution in [-0.4, -0.2) is 35.4 Å². The first-order valence-corrected chi connectivity index (χ1v) is 10.1. The van der Waals surface area contributed by atoms with Crippen molar-refractivity contribution in [1.82, 2.24) is 0 Å². The van der Waals surface area contributed by atoms with Gasteiger partial charge in [0.05, 0.1) is 0 Å². The van der Waals surface area contributed by atoms with Gasteiger partial charge in [-0.05, 0) is 56.3 Å². The van der Waals surface area contributed by atoms with E-state index in [2.05, 4.69) is 13.8 Å². The minimum absolute atomic E-state index is 0.0995. The highest BCUT2D eigenvalue weighted by Crippen LogP contribution is 2.60. The molecule has 5 heteroatoms. The topological polar surface area (TPSA) is 80.7 Å². The van der Waals surface area contributed by atoms with Gasteiger partial charge in [0, 0.05) is 37.2 Å². The number of ketones is 2. The lowest BCUT2D eigenvalue weighted by Crippen LogP contribution is -2.51. The number of aliphatic hydroxyl groups excluding tert-OH is 1. The Morgan fingerprint density at radius 3 is 2.31 bits per heavy atom. The summed E-state index contributed by atoms with van der Waals surface area (Å²) < 4.78 is 5.27. The number of Topliss-reactive ketones (excluding diaryl/α,β-unsaturated/α-hetero) is 2. The summed E-state index contributed by atoms with van der Waals surface area (Å²) in [6.07, 6.45) is 5.31. The van der Waals surface area contributed by atoms with Gasteiger partial charge in [-0.15, -0.1) is 0 Å². The molecule has 0 aromatic rings. The maximum atomic E-state index is 13.1. The summed E-state index contributed by atoms with van der Waals surface area (Å²) in [5.41, 5.74) is -0.714. The van der Waals surface area contributed by atoms with Crippen LogP contribution in [0.3, 0.4) is 0 Å². The van der Waals surface area contributed by atoms with E-state index in [1.54, 1.807) is 0 Å². The molecule has 5 nitrogen and oxygen atoms in total. The SMILES string of the molecule is CC(=O)OC1CCC(C)(C2CCC3(C)C(=O)CCC3C2CCO)C(=O)C1. The van der Waals surface area contributed by atoms with Crippen LogP contribution in [0.25, 0.3) is 0 Å². The van der Waals surface area contributed by atoms with Gasteiger partial charge >= 0.3 is 5.97 Å². The quantitative estimate of drug-likeness (QED) is 0.776. The molecule has 0 heterocycles. The first-order chi connectivity index (χ1) is 12.2. The highest BCUT2D eigenvalue weighted by molar-refractivity contribution is 5.88. The Kier molecular flexibility index (Phi) is 5.31. The van der Waals surface area contributed by atoms with Crippen molar-refractivity contribution in [2.24, 2.45) is 28.6 Å². The molecule has 1 N–H and O–H groups in total. The molecule has 6 unspecified atom stereocenters. The zero-order valence-electron chi connectivity index (χ0n) is 16.3. The molecule has 146 valence electrons. The van der Waals surface area contributed by atoms with Crippen molar-refractivity contribution in [2.75, 3.05) is 6.61 Å². The maximum absolute atomic E-state index is 13.1. The number of carbonyl (C=O) groups is 3. The fraction of sp³-hybridized carbons (Fsp3) is 0.857. The lowest BCUT2D eigenvalue weighted by molar-refractivity contribution is -0.157. The molecule has 3 aliphatic rings. The molecule has 0 bridgehead atoms. The summed E-state index contributed by atoms with van der Waals surface area (Å²) in [4.78, 5) is 36.8. The highest BCUT2D eigenvalue weighted by Gasteiger charge is 2.58. The van der Waals surface area contributed by atoms with Gasteiger partial charge in [-0.1, -0.05) is 13.8 Å². The molecule has 26 heavy (non-hydrogen) atoms. The summed E-state index contributed by atoms with van der Waals surface area (Å²) in [5, 5.41) is 9.67. The molecule has 3 aliphatic carbocycles. The van der Waals surface area contributed by atoms with Gasteiger partial charge in [-0.3, -0.25) is 14.4 Å². The molecule has 6 atom stereocenters. The normalized spacial score (nSPS) is 43.2. The molecule has 0 aromatic carbocycles. The van der Waals surface area contributed by atoms with Crippen LogP contribution in [0.2, 0.25) is 0 Å². The minimum Gasteiger partial charge on any atom is -0.462 e. The molecule has 0 spiro atoms. The molecule has 0 amide bonds.